The number of nitrogens with zero attached hydrogens (tertiary/aromatic N) is 3. The van der Waals surface area contributed by atoms with Gasteiger partial charge in [-0.2, -0.15) is 0 Å². The Morgan fingerprint density at radius 1 is 1.29 bits per heavy atom. The molecule has 1 atom stereocenters. The molecule has 0 spiro atoms. The SMILES string of the molecule is CC(C)Oc1ccc(NC(=O)NC2CCN(c3ncnc4c3SCC4)C2)cc1. The van der Waals surface area contributed by atoms with Gasteiger partial charge in [0.15, 0.2) is 0 Å². The maximum atomic E-state index is 12.4. The fourth-order valence-corrected chi connectivity index (χ4v) is 4.64. The normalized spacial score (nSPS) is 18.2. The van der Waals surface area contributed by atoms with E-state index >= 15 is 0 Å². The number of carbonyl (C=O) groups excluding carboxylic acids is 1. The van der Waals surface area contributed by atoms with Gasteiger partial charge in [0, 0.05) is 37.0 Å². The van der Waals surface area contributed by atoms with Crippen LogP contribution in [0, 0.1) is 0 Å². The number of hydrogen-bond donors (Lipinski definition) is 2. The molecule has 4 rings (SSSR count). The number of anilines is 2. The highest BCUT2D eigenvalue weighted by molar-refractivity contribution is 7.99. The van der Waals surface area contributed by atoms with E-state index in [4.69, 9.17) is 4.74 Å². The maximum Gasteiger partial charge on any atom is 0.319 e. The highest BCUT2D eigenvalue weighted by Crippen LogP contribution is 2.37. The van der Waals surface area contributed by atoms with E-state index in [1.165, 1.54) is 4.90 Å². The van der Waals surface area contributed by atoms with Gasteiger partial charge in [0.1, 0.15) is 17.9 Å². The minimum atomic E-state index is -0.188. The van der Waals surface area contributed by atoms with Crippen molar-refractivity contribution in [1.29, 1.82) is 0 Å². The first kappa shape index (κ1) is 18.9. The summed E-state index contributed by atoms with van der Waals surface area (Å²) in [6, 6.07) is 7.33. The number of ether oxygens (including phenoxy) is 1. The minimum Gasteiger partial charge on any atom is -0.491 e. The Morgan fingerprint density at radius 3 is 2.89 bits per heavy atom. The average Bonchev–Trinajstić information content (AvgIpc) is 3.32. The topological polar surface area (TPSA) is 79.4 Å². The van der Waals surface area contributed by atoms with Gasteiger partial charge in [-0.15, -0.1) is 11.8 Å². The van der Waals surface area contributed by atoms with E-state index in [0.29, 0.717) is 0 Å². The summed E-state index contributed by atoms with van der Waals surface area (Å²) in [5, 5.41) is 5.96. The molecule has 1 saturated heterocycles. The second-order valence-corrected chi connectivity index (χ2v) is 8.40. The molecule has 7 nitrogen and oxygen atoms in total. The van der Waals surface area contributed by atoms with Crippen molar-refractivity contribution in [2.24, 2.45) is 0 Å². The quantitative estimate of drug-likeness (QED) is 0.803. The van der Waals surface area contributed by atoms with Gasteiger partial charge >= 0.3 is 6.03 Å². The van der Waals surface area contributed by atoms with Gasteiger partial charge in [-0.05, 0) is 44.5 Å². The van der Waals surface area contributed by atoms with Gasteiger partial charge in [0.05, 0.1) is 16.7 Å². The molecule has 3 heterocycles. The smallest absolute Gasteiger partial charge is 0.319 e. The fourth-order valence-electron chi connectivity index (χ4n) is 3.51. The molecule has 148 valence electrons. The number of amides is 2. The molecule has 28 heavy (non-hydrogen) atoms. The van der Waals surface area contributed by atoms with Crippen molar-refractivity contribution in [3.8, 4) is 5.75 Å². The van der Waals surface area contributed by atoms with Crippen LogP contribution in [-0.4, -0.2) is 47.0 Å². The van der Waals surface area contributed by atoms with Crippen LogP contribution in [0.3, 0.4) is 0 Å². The molecule has 2 aliphatic rings. The molecule has 2 aromatic rings. The monoisotopic (exact) mass is 399 g/mol. The van der Waals surface area contributed by atoms with Gasteiger partial charge in [-0.3, -0.25) is 0 Å². The molecule has 2 amide bonds. The van der Waals surface area contributed by atoms with Gasteiger partial charge in [-0.1, -0.05) is 0 Å². The number of urea groups is 1. The Hall–Kier alpha value is -2.48. The second-order valence-electron chi connectivity index (χ2n) is 7.29. The molecular weight excluding hydrogens is 374 g/mol. The number of fused-ring (bicyclic) bond motifs is 1. The summed E-state index contributed by atoms with van der Waals surface area (Å²) in [6.45, 7) is 5.62. The third-order valence-electron chi connectivity index (χ3n) is 4.75. The molecule has 1 unspecified atom stereocenters. The van der Waals surface area contributed by atoms with Crippen molar-refractivity contribution in [2.45, 2.75) is 43.7 Å². The number of thioether (sulfide) groups is 1. The van der Waals surface area contributed by atoms with E-state index in [1.54, 1.807) is 6.33 Å². The highest BCUT2D eigenvalue weighted by atomic mass is 32.2. The van der Waals surface area contributed by atoms with Gasteiger partial charge in [0.25, 0.3) is 0 Å². The van der Waals surface area contributed by atoms with Gasteiger partial charge in [-0.25, -0.2) is 14.8 Å². The largest absolute Gasteiger partial charge is 0.491 e. The lowest BCUT2D eigenvalue weighted by Gasteiger charge is -2.20. The Labute approximate surface area is 169 Å². The Bertz CT molecular complexity index is 843. The number of hydrogen-bond acceptors (Lipinski definition) is 6. The maximum absolute atomic E-state index is 12.4. The summed E-state index contributed by atoms with van der Waals surface area (Å²) in [5.74, 6) is 2.88. The highest BCUT2D eigenvalue weighted by Gasteiger charge is 2.29. The Kier molecular flexibility index (Phi) is 5.57. The molecule has 0 aliphatic carbocycles. The molecule has 2 N–H and O–H groups in total. The average molecular weight is 400 g/mol. The summed E-state index contributed by atoms with van der Waals surface area (Å²) >= 11 is 1.83. The fraction of sp³-hybridized carbons (Fsp3) is 0.450. The predicted molar refractivity (Wildman–Crippen MR) is 111 cm³/mol. The number of rotatable bonds is 5. The molecule has 1 aromatic carbocycles. The van der Waals surface area contributed by atoms with Crippen molar-refractivity contribution in [1.82, 2.24) is 15.3 Å². The van der Waals surface area contributed by atoms with Crippen molar-refractivity contribution in [3.05, 3.63) is 36.3 Å². The lowest BCUT2D eigenvalue weighted by atomic mass is 10.2. The van der Waals surface area contributed by atoms with Crippen molar-refractivity contribution in [2.75, 3.05) is 29.1 Å². The lowest BCUT2D eigenvalue weighted by Crippen LogP contribution is -2.39. The first-order valence-corrected chi connectivity index (χ1v) is 10.6. The number of aryl methyl sites for hydroxylation is 1. The van der Waals surface area contributed by atoms with Crippen molar-refractivity contribution < 1.29 is 9.53 Å². The third-order valence-corrected chi connectivity index (χ3v) is 5.87. The molecular formula is C20H25N5O2S. The summed E-state index contributed by atoms with van der Waals surface area (Å²) in [5.41, 5.74) is 1.89. The van der Waals surface area contributed by atoms with Crippen molar-refractivity contribution >= 4 is 29.3 Å². The Balaban J connectivity index is 1.31. The van der Waals surface area contributed by atoms with Crippen LogP contribution in [0.5, 0.6) is 5.75 Å². The van der Waals surface area contributed by atoms with Crippen LogP contribution >= 0.6 is 11.8 Å². The lowest BCUT2D eigenvalue weighted by molar-refractivity contribution is 0.242. The molecule has 0 saturated carbocycles. The summed E-state index contributed by atoms with van der Waals surface area (Å²) in [7, 11) is 0. The molecule has 0 bridgehead atoms. The minimum absolute atomic E-state index is 0.0977. The molecule has 1 aromatic heterocycles. The zero-order chi connectivity index (χ0) is 19.5. The van der Waals surface area contributed by atoms with Crippen LogP contribution in [0.25, 0.3) is 0 Å². The Morgan fingerprint density at radius 2 is 2.11 bits per heavy atom. The molecule has 8 heteroatoms. The third kappa shape index (κ3) is 4.32. The zero-order valence-electron chi connectivity index (χ0n) is 16.1. The number of benzene rings is 1. The summed E-state index contributed by atoms with van der Waals surface area (Å²) in [6.07, 6.45) is 3.69. The molecule has 1 fully saturated rings. The van der Waals surface area contributed by atoms with E-state index in [1.807, 2.05) is 49.9 Å². The van der Waals surface area contributed by atoms with Gasteiger partial charge < -0.3 is 20.3 Å². The van der Waals surface area contributed by atoms with Crippen LogP contribution in [-0.2, 0) is 6.42 Å². The van der Waals surface area contributed by atoms with E-state index in [2.05, 4.69) is 25.5 Å². The summed E-state index contributed by atoms with van der Waals surface area (Å²) < 4.78 is 5.62. The molecule has 2 aliphatic heterocycles. The zero-order valence-corrected chi connectivity index (χ0v) is 17.0. The van der Waals surface area contributed by atoms with Crippen LogP contribution in [0.1, 0.15) is 26.0 Å². The number of aromatic nitrogens is 2. The standard InChI is InChI=1S/C20H25N5O2S/c1-13(2)27-16-5-3-14(4-6-16)23-20(26)24-15-7-9-25(11-15)19-18-17(8-10-28-18)21-12-22-19/h3-6,12-13,15H,7-11H2,1-2H3,(H2,23,24,26). The van der Waals surface area contributed by atoms with E-state index in [-0.39, 0.29) is 18.2 Å². The van der Waals surface area contributed by atoms with Gasteiger partial charge in [0.2, 0.25) is 0 Å². The first-order valence-electron chi connectivity index (χ1n) is 9.64. The first-order chi connectivity index (χ1) is 13.6. The van der Waals surface area contributed by atoms with Crippen LogP contribution < -0.4 is 20.3 Å². The van der Waals surface area contributed by atoms with Crippen LogP contribution in [0.2, 0.25) is 0 Å². The van der Waals surface area contributed by atoms with E-state index in [0.717, 1.165) is 54.6 Å². The second kappa shape index (κ2) is 8.26. The molecule has 0 radical (unpaired) electrons. The van der Waals surface area contributed by atoms with E-state index in [9.17, 15) is 4.79 Å². The van der Waals surface area contributed by atoms with Crippen LogP contribution in [0.15, 0.2) is 35.5 Å². The summed E-state index contributed by atoms with van der Waals surface area (Å²) in [4.78, 5) is 24.7. The van der Waals surface area contributed by atoms with Crippen LogP contribution in [0.4, 0.5) is 16.3 Å². The number of carbonyl (C=O) groups is 1. The van der Waals surface area contributed by atoms with E-state index < -0.39 is 0 Å². The van der Waals surface area contributed by atoms with Crippen molar-refractivity contribution in [3.63, 3.8) is 0 Å². The number of nitrogens with one attached hydrogen (secondary N) is 2. The predicted octanol–water partition coefficient (Wildman–Crippen LogP) is 3.31.